The van der Waals surface area contributed by atoms with Gasteiger partial charge in [0.2, 0.25) is 17.2 Å². The molecule has 0 atom stereocenters. The normalized spacial score (nSPS) is 11.4. The molecule has 0 fully saturated rings. The summed E-state index contributed by atoms with van der Waals surface area (Å²) in [5.74, 6) is -5.28. The minimum atomic E-state index is -1.08. The minimum Gasteiger partial charge on any atom is -0.507 e. The Kier molecular flexibility index (Phi) is 4.28. The van der Waals surface area contributed by atoms with Gasteiger partial charge in [0.15, 0.2) is 11.5 Å². The van der Waals surface area contributed by atoms with Crippen molar-refractivity contribution in [1.29, 1.82) is 0 Å². The topological polar surface area (TPSA) is 142 Å². The number of phenols is 7. The predicted octanol–water partition coefficient (Wildman–Crippen LogP) is 4.98. The molecular weight excluding hydrogens is 456 g/mol. The van der Waals surface area contributed by atoms with Gasteiger partial charge in [-0.3, -0.25) is 0 Å². The fraction of sp³-hybridized carbons (Fsp3) is 0.0909. The van der Waals surface area contributed by atoms with E-state index in [1.807, 2.05) is 0 Å². The average molecular weight is 473 g/mol. The Morgan fingerprint density at radius 1 is 0.533 bits per heavy atom. The molecule has 7 N–H and O–H groups in total. The van der Waals surface area contributed by atoms with Gasteiger partial charge in [-0.05, 0) is 51.7 Å². The van der Waals surface area contributed by atoms with Crippen molar-refractivity contribution >= 4 is 37.5 Å². The van der Waals surface area contributed by atoms with Crippen molar-refractivity contribution in [3.05, 3.63) is 39.9 Å². The van der Waals surface area contributed by atoms with Crippen molar-refractivity contribution in [3.8, 4) is 51.4 Å². The summed E-state index contributed by atoms with van der Waals surface area (Å²) in [5, 5.41) is 74.2. The van der Waals surface area contributed by atoms with Crippen LogP contribution in [0.4, 0.5) is 0 Å². The molecule has 0 aliphatic carbocycles. The predicted molar refractivity (Wildman–Crippen MR) is 116 cm³/mol. The third-order valence-electron chi connectivity index (χ3n) is 5.52. The molecule has 8 heteroatoms. The second kappa shape index (κ2) is 6.50. The summed E-state index contributed by atoms with van der Waals surface area (Å²) in [5.41, 5.74) is 0.455. The van der Waals surface area contributed by atoms with Gasteiger partial charge in [-0.2, -0.15) is 0 Å². The zero-order chi connectivity index (χ0) is 22.1. The molecule has 0 amide bonds. The fourth-order valence-corrected chi connectivity index (χ4v) is 4.50. The standard InChI is InChI=1S/C22H17BrO7/c1-7-8(2)17(25)13-12(16(7)24)11(9-5-3-4-6-10(9)15(13)23)14-18(26)20(28)22(30)21(29)19(14)27/h3-6,24-30H,1-2H3. The van der Waals surface area contributed by atoms with Gasteiger partial charge in [0, 0.05) is 20.8 Å². The van der Waals surface area contributed by atoms with E-state index in [4.69, 9.17) is 0 Å². The molecule has 0 radical (unpaired) electrons. The first-order valence-corrected chi connectivity index (χ1v) is 9.62. The van der Waals surface area contributed by atoms with E-state index in [9.17, 15) is 35.7 Å². The van der Waals surface area contributed by atoms with Crippen molar-refractivity contribution in [2.75, 3.05) is 0 Å². The molecule has 0 bridgehead atoms. The molecule has 4 aromatic rings. The van der Waals surface area contributed by atoms with Crippen molar-refractivity contribution in [1.82, 2.24) is 0 Å². The lowest BCUT2D eigenvalue weighted by Gasteiger charge is -2.21. The number of halogens is 1. The van der Waals surface area contributed by atoms with Crippen LogP contribution in [-0.2, 0) is 0 Å². The highest BCUT2D eigenvalue weighted by molar-refractivity contribution is 9.10. The molecule has 0 saturated carbocycles. The first-order valence-electron chi connectivity index (χ1n) is 8.83. The molecule has 0 heterocycles. The molecule has 0 saturated heterocycles. The molecule has 0 spiro atoms. The summed E-state index contributed by atoms with van der Waals surface area (Å²) in [4.78, 5) is 0. The maximum absolute atomic E-state index is 11.0. The lowest BCUT2D eigenvalue weighted by atomic mass is 9.87. The molecule has 0 aliphatic heterocycles. The zero-order valence-electron chi connectivity index (χ0n) is 15.8. The molecule has 0 aliphatic rings. The van der Waals surface area contributed by atoms with Crippen LogP contribution in [0.15, 0.2) is 28.7 Å². The van der Waals surface area contributed by atoms with Gasteiger partial charge >= 0.3 is 0 Å². The van der Waals surface area contributed by atoms with Crippen molar-refractivity contribution < 1.29 is 35.7 Å². The quantitative estimate of drug-likeness (QED) is 0.117. The average Bonchev–Trinajstić information content (AvgIpc) is 2.74. The van der Waals surface area contributed by atoms with E-state index in [0.717, 1.165) is 0 Å². The van der Waals surface area contributed by atoms with E-state index in [1.165, 1.54) is 0 Å². The van der Waals surface area contributed by atoms with Crippen LogP contribution in [0.2, 0.25) is 0 Å². The minimum absolute atomic E-state index is 0.0558. The molecule has 7 nitrogen and oxygen atoms in total. The van der Waals surface area contributed by atoms with Crippen LogP contribution in [0.25, 0.3) is 32.7 Å². The summed E-state index contributed by atoms with van der Waals surface area (Å²) in [7, 11) is 0. The van der Waals surface area contributed by atoms with Crippen molar-refractivity contribution in [2.24, 2.45) is 0 Å². The second-order valence-electron chi connectivity index (χ2n) is 7.05. The molecule has 0 aromatic heterocycles. The van der Waals surface area contributed by atoms with Gasteiger partial charge in [-0.1, -0.05) is 24.3 Å². The maximum Gasteiger partial charge on any atom is 0.208 e. The van der Waals surface area contributed by atoms with Gasteiger partial charge < -0.3 is 35.7 Å². The number of hydrogen-bond acceptors (Lipinski definition) is 7. The first-order chi connectivity index (χ1) is 14.1. The van der Waals surface area contributed by atoms with Crippen LogP contribution in [0, 0.1) is 13.8 Å². The SMILES string of the molecule is Cc1c(C)c(O)c2c(-c3c(O)c(O)c(O)c(O)c3O)c3ccccc3c(Br)c2c1O. The van der Waals surface area contributed by atoms with E-state index in [-0.39, 0.29) is 27.8 Å². The van der Waals surface area contributed by atoms with Crippen molar-refractivity contribution in [2.45, 2.75) is 13.8 Å². The van der Waals surface area contributed by atoms with Crippen LogP contribution in [0.5, 0.6) is 40.2 Å². The number of rotatable bonds is 1. The highest BCUT2D eigenvalue weighted by Gasteiger charge is 2.30. The first kappa shape index (κ1) is 19.8. The van der Waals surface area contributed by atoms with E-state index >= 15 is 0 Å². The Hall–Kier alpha value is -3.52. The summed E-state index contributed by atoms with van der Waals surface area (Å²) < 4.78 is 0.471. The number of benzene rings is 4. The van der Waals surface area contributed by atoms with Gasteiger partial charge in [0.25, 0.3) is 0 Å². The number of hydrogen-bond donors (Lipinski definition) is 7. The Morgan fingerprint density at radius 3 is 1.50 bits per heavy atom. The largest absolute Gasteiger partial charge is 0.507 e. The van der Waals surface area contributed by atoms with Gasteiger partial charge in [0.05, 0.1) is 5.56 Å². The highest BCUT2D eigenvalue weighted by atomic mass is 79.9. The van der Waals surface area contributed by atoms with E-state index in [1.54, 1.807) is 38.1 Å². The Morgan fingerprint density at radius 2 is 0.967 bits per heavy atom. The Labute approximate surface area is 178 Å². The third kappa shape index (κ3) is 2.37. The zero-order valence-corrected chi connectivity index (χ0v) is 17.4. The lowest BCUT2D eigenvalue weighted by Crippen LogP contribution is -1.94. The summed E-state index contributed by atoms with van der Waals surface area (Å²) in [6, 6.07) is 6.81. The molecule has 0 unspecified atom stereocenters. The number of phenolic OH excluding ortho intramolecular Hbond substituents is 7. The molecule has 154 valence electrons. The third-order valence-corrected chi connectivity index (χ3v) is 6.34. The monoisotopic (exact) mass is 472 g/mol. The Balaban J connectivity index is 2.43. The smallest absolute Gasteiger partial charge is 0.208 e. The second-order valence-corrected chi connectivity index (χ2v) is 7.84. The van der Waals surface area contributed by atoms with E-state index in [2.05, 4.69) is 15.9 Å². The molecular formula is C22H17BrO7. The highest BCUT2D eigenvalue weighted by Crippen LogP contribution is 2.59. The van der Waals surface area contributed by atoms with Crippen LogP contribution < -0.4 is 0 Å². The molecule has 4 rings (SSSR count). The maximum atomic E-state index is 11.0. The van der Waals surface area contributed by atoms with Gasteiger partial charge in [-0.15, -0.1) is 0 Å². The van der Waals surface area contributed by atoms with Crippen LogP contribution in [-0.4, -0.2) is 35.7 Å². The summed E-state index contributed by atoms with van der Waals surface area (Å²) in [6.45, 7) is 3.24. The van der Waals surface area contributed by atoms with Crippen LogP contribution >= 0.6 is 15.9 Å². The van der Waals surface area contributed by atoms with Gasteiger partial charge in [-0.25, -0.2) is 0 Å². The fourth-order valence-electron chi connectivity index (χ4n) is 3.77. The van der Waals surface area contributed by atoms with Gasteiger partial charge in [0.1, 0.15) is 11.5 Å². The van der Waals surface area contributed by atoms with Crippen molar-refractivity contribution in [3.63, 3.8) is 0 Å². The summed E-state index contributed by atoms with van der Waals surface area (Å²) >= 11 is 3.48. The summed E-state index contributed by atoms with van der Waals surface area (Å²) in [6.07, 6.45) is 0. The Bertz CT molecular complexity index is 1360. The molecule has 30 heavy (non-hydrogen) atoms. The van der Waals surface area contributed by atoms with E-state index < -0.39 is 34.3 Å². The molecule has 4 aromatic carbocycles. The van der Waals surface area contributed by atoms with E-state index in [0.29, 0.717) is 26.4 Å². The van der Waals surface area contributed by atoms with Crippen LogP contribution in [0.3, 0.4) is 0 Å². The number of aromatic hydroxyl groups is 7. The number of fused-ring (bicyclic) bond motifs is 2. The van der Waals surface area contributed by atoms with Crippen LogP contribution in [0.1, 0.15) is 11.1 Å². The lowest BCUT2D eigenvalue weighted by molar-refractivity contribution is 0.330.